The summed E-state index contributed by atoms with van der Waals surface area (Å²) in [5.41, 5.74) is 6.58. The van der Waals surface area contributed by atoms with Crippen molar-refractivity contribution in [3.05, 3.63) is 59.7 Å². The van der Waals surface area contributed by atoms with E-state index in [9.17, 15) is 35.1 Å². The zero-order valence-electron chi connectivity index (χ0n) is 26.9. The number of allylic oxidation sites excluding steroid dienone is 2. The van der Waals surface area contributed by atoms with Crippen molar-refractivity contribution in [2.24, 2.45) is 22.6 Å². The Morgan fingerprint density at radius 1 is 1.21 bits per heavy atom. The van der Waals surface area contributed by atoms with E-state index in [-0.39, 0.29) is 62.3 Å². The molecular formula is C31H47N4O13+. The number of ether oxygens (including phenoxy) is 5. The molecule has 0 spiro atoms. The van der Waals surface area contributed by atoms with Gasteiger partial charge >= 0.3 is 11.9 Å². The molecule has 0 amide bonds. The molecule has 0 radical (unpaired) electrons. The molecule has 17 heteroatoms. The van der Waals surface area contributed by atoms with Crippen molar-refractivity contribution in [1.29, 1.82) is 0 Å². The largest absolute Gasteiger partial charge is 0.478 e. The lowest BCUT2D eigenvalue weighted by Crippen LogP contribution is -3.09. The van der Waals surface area contributed by atoms with Crippen LogP contribution in [-0.2, 0) is 33.3 Å². The first-order valence-electron chi connectivity index (χ1n) is 15.5. The van der Waals surface area contributed by atoms with E-state index in [2.05, 4.69) is 16.9 Å². The average molecular weight is 684 g/mol. The normalized spacial score (nSPS) is 31.1. The van der Waals surface area contributed by atoms with Gasteiger partial charge in [0.2, 0.25) is 6.29 Å². The molecular weight excluding hydrogens is 636 g/mol. The molecule has 0 aromatic carbocycles. The zero-order valence-corrected chi connectivity index (χ0v) is 26.9. The van der Waals surface area contributed by atoms with Crippen molar-refractivity contribution in [2.45, 2.75) is 50.3 Å². The van der Waals surface area contributed by atoms with E-state index in [0.29, 0.717) is 16.9 Å². The molecule has 17 nitrogen and oxygen atoms in total. The zero-order chi connectivity index (χ0) is 35.4. The maximum Gasteiger partial charge on any atom is 0.339 e. The molecule has 3 rings (SSSR count). The smallest absolute Gasteiger partial charge is 0.339 e. The molecule has 3 aliphatic heterocycles. The summed E-state index contributed by atoms with van der Waals surface area (Å²) in [7, 11) is 1.20. The van der Waals surface area contributed by atoms with Gasteiger partial charge in [-0.3, -0.25) is 4.99 Å². The number of aliphatic imine (C=N–C) groups is 1. The van der Waals surface area contributed by atoms with E-state index in [1.807, 2.05) is 0 Å². The van der Waals surface area contributed by atoms with E-state index < -0.39 is 67.4 Å². The quantitative estimate of drug-likeness (QED) is 0.0253. The van der Waals surface area contributed by atoms with Crippen molar-refractivity contribution in [3.63, 3.8) is 0 Å². The summed E-state index contributed by atoms with van der Waals surface area (Å²) in [6, 6.07) is 0. The van der Waals surface area contributed by atoms with Crippen molar-refractivity contribution in [2.75, 3.05) is 53.2 Å². The summed E-state index contributed by atoms with van der Waals surface area (Å²) < 4.78 is 28.2. The van der Waals surface area contributed by atoms with Gasteiger partial charge in [-0.1, -0.05) is 18.2 Å². The number of aliphatic carboxylic acids is 1. The number of nitrogens with zero attached hydrogens (tertiary/aromatic N) is 1. The highest BCUT2D eigenvalue weighted by atomic mass is 16.8. The number of carboxylic acids is 1. The Hall–Kier alpha value is -3.65. The van der Waals surface area contributed by atoms with Gasteiger partial charge in [-0.25, -0.2) is 9.59 Å². The lowest BCUT2D eigenvalue weighted by molar-refractivity contribution is -0.843. The van der Waals surface area contributed by atoms with Gasteiger partial charge in [0.1, 0.15) is 49.3 Å². The summed E-state index contributed by atoms with van der Waals surface area (Å²) >= 11 is 0. The predicted octanol–water partition coefficient (Wildman–Crippen LogP) is -3.36. The second-order valence-corrected chi connectivity index (χ2v) is 11.1. The summed E-state index contributed by atoms with van der Waals surface area (Å²) in [6.45, 7) is 5.19. The lowest BCUT2D eigenvalue weighted by Gasteiger charge is -2.44. The van der Waals surface area contributed by atoms with Crippen LogP contribution in [0, 0.1) is 11.8 Å². The number of carbonyl (C=O) groups excluding carboxylic acids is 1. The van der Waals surface area contributed by atoms with Gasteiger partial charge < -0.3 is 70.3 Å². The predicted molar refractivity (Wildman–Crippen MR) is 167 cm³/mol. The van der Waals surface area contributed by atoms with Crippen molar-refractivity contribution >= 4 is 17.9 Å². The number of hydrogen-bond acceptors (Lipinski definition) is 13. The molecule has 0 aromatic rings. The third kappa shape index (κ3) is 9.49. The van der Waals surface area contributed by atoms with Gasteiger partial charge in [-0.2, -0.15) is 0 Å². The van der Waals surface area contributed by atoms with Crippen molar-refractivity contribution < 1.29 is 68.8 Å². The fourth-order valence-corrected chi connectivity index (χ4v) is 5.51. The van der Waals surface area contributed by atoms with Crippen LogP contribution >= 0.6 is 0 Å². The lowest BCUT2D eigenvalue weighted by atomic mass is 9.83. The van der Waals surface area contributed by atoms with Crippen LogP contribution in [0.15, 0.2) is 64.7 Å². The number of aliphatic hydroxyl groups is 5. The third-order valence-corrected chi connectivity index (χ3v) is 7.94. The molecule has 1 saturated heterocycles. The highest BCUT2D eigenvalue weighted by Gasteiger charge is 2.48. The van der Waals surface area contributed by atoms with E-state index >= 15 is 0 Å². The van der Waals surface area contributed by atoms with Crippen LogP contribution in [0.5, 0.6) is 0 Å². The average Bonchev–Trinajstić information content (AvgIpc) is 3.07. The molecule has 9 atom stereocenters. The van der Waals surface area contributed by atoms with Crippen LogP contribution in [0.2, 0.25) is 0 Å². The summed E-state index contributed by atoms with van der Waals surface area (Å²) in [5.74, 6) is -3.66. The second kappa shape index (κ2) is 18.8. The van der Waals surface area contributed by atoms with Crippen LogP contribution in [0.1, 0.15) is 13.3 Å². The van der Waals surface area contributed by atoms with Gasteiger partial charge in [0.25, 0.3) is 0 Å². The number of quaternary nitrogens is 1. The first kappa shape index (κ1) is 38.8. The molecule has 48 heavy (non-hydrogen) atoms. The molecule has 9 unspecified atom stereocenters. The number of esters is 1. The second-order valence-electron chi connectivity index (χ2n) is 11.1. The Morgan fingerprint density at radius 2 is 1.96 bits per heavy atom. The molecule has 268 valence electrons. The van der Waals surface area contributed by atoms with Gasteiger partial charge in [0.05, 0.1) is 49.3 Å². The highest BCUT2D eigenvalue weighted by molar-refractivity contribution is 5.92. The van der Waals surface area contributed by atoms with Crippen LogP contribution in [0.25, 0.3) is 0 Å². The van der Waals surface area contributed by atoms with Crippen molar-refractivity contribution in [1.82, 2.24) is 5.32 Å². The van der Waals surface area contributed by atoms with Crippen LogP contribution in [-0.4, -0.2) is 139 Å². The molecule has 3 aliphatic rings. The third-order valence-electron chi connectivity index (χ3n) is 7.94. The van der Waals surface area contributed by atoms with Gasteiger partial charge in [-0.05, 0) is 13.3 Å². The first-order chi connectivity index (χ1) is 23.0. The Balaban J connectivity index is 2.03. The minimum Gasteiger partial charge on any atom is -0.478 e. The minimum absolute atomic E-state index is 0.0209. The van der Waals surface area contributed by atoms with Gasteiger partial charge in [-0.15, -0.1) is 6.58 Å². The summed E-state index contributed by atoms with van der Waals surface area (Å²) in [5, 5.41) is 62.4. The van der Waals surface area contributed by atoms with E-state index in [4.69, 9.17) is 34.5 Å². The Kier molecular flexibility index (Phi) is 15.2. The first-order valence-corrected chi connectivity index (χ1v) is 15.5. The fraction of sp³-hybridized carbons (Fsp3) is 0.581. The molecule has 0 aromatic heterocycles. The number of carbonyl (C=O) groups is 2. The van der Waals surface area contributed by atoms with E-state index in [1.165, 1.54) is 13.2 Å². The minimum atomic E-state index is -1.47. The summed E-state index contributed by atoms with van der Waals surface area (Å²) in [4.78, 5) is 30.0. The standard InChI is InChI=1S/C31H46N4O13/c1-4-18-19(8-7-17-13-35(10-12-37)14-20(27(41)42)23(17)34-31(32)33-9-6-11-36)21(28(43)44-3)16-46-29(18)48-30-26(45-5-2)25(40)24(39)22(15-38)47-30/h4,7-8,13,16,18-19,22,24-26,29-30,36-40H,1,5-6,9-12,14-15H2,2-3H3,(H,41,42)(H3,32,33,34)/p+1. The number of carboxylic acid groups (broad SMARTS) is 1. The number of hydrogen-bond donors (Lipinski definition) is 9. The monoisotopic (exact) mass is 683 g/mol. The van der Waals surface area contributed by atoms with E-state index in [0.717, 1.165) is 6.26 Å². The van der Waals surface area contributed by atoms with Crippen LogP contribution in [0.4, 0.5) is 0 Å². The molecule has 1 fully saturated rings. The molecule has 0 saturated carbocycles. The van der Waals surface area contributed by atoms with Crippen LogP contribution < -0.4 is 16.0 Å². The molecule has 10 N–H and O–H groups in total. The van der Waals surface area contributed by atoms with Gasteiger partial charge in [0.15, 0.2) is 12.2 Å². The van der Waals surface area contributed by atoms with Crippen LogP contribution in [0.3, 0.4) is 0 Å². The maximum absolute atomic E-state index is 12.9. The van der Waals surface area contributed by atoms with Crippen molar-refractivity contribution in [3.8, 4) is 0 Å². The number of guanidine groups is 1. The van der Waals surface area contributed by atoms with Gasteiger partial charge in [0, 0.05) is 25.7 Å². The number of nitrogens with one attached hydrogen (secondary N) is 2. The molecule has 3 heterocycles. The van der Waals surface area contributed by atoms with E-state index in [1.54, 1.807) is 25.3 Å². The molecule has 0 aliphatic carbocycles. The number of aliphatic hydroxyl groups excluding tert-OH is 5. The Labute approximate surface area is 277 Å². The highest BCUT2D eigenvalue weighted by Crippen LogP contribution is 2.37. The topological polar surface area (TPSA) is 257 Å². The summed E-state index contributed by atoms with van der Waals surface area (Å²) in [6.07, 6.45) is 0.0982. The fourth-order valence-electron chi connectivity index (χ4n) is 5.51. The molecule has 0 bridgehead atoms. The number of methoxy groups -OCH3 is 1. The Bertz CT molecular complexity index is 1280. The SMILES string of the molecule is C=CC1C(OC2OC(CO)C(O)C(O)C2OCC)OC=C(C(=O)OC)C1C=CC1=C[NH+](CCO)CC(C(=O)O)=C1NC(N)=NCCCO. The number of nitrogens with two attached hydrogens (primary N) is 1. The Morgan fingerprint density at radius 3 is 2.56 bits per heavy atom. The maximum atomic E-state index is 12.9. The number of rotatable bonds is 16.